The number of hydrogen-bond donors (Lipinski definition) is 1. The third-order valence-electron chi connectivity index (χ3n) is 5.82. The van der Waals surface area contributed by atoms with Gasteiger partial charge in [0.05, 0.1) is 5.92 Å². The molecule has 158 valence electrons. The van der Waals surface area contributed by atoms with E-state index in [4.69, 9.17) is 15.2 Å². The van der Waals surface area contributed by atoms with Gasteiger partial charge in [-0.05, 0) is 24.0 Å². The lowest BCUT2D eigenvalue weighted by Gasteiger charge is -2.37. The van der Waals surface area contributed by atoms with Gasteiger partial charge in [0, 0.05) is 24.0 Å². The van der Waals surface area contributed by atoms with E-state index in [2.05, 4.69) is 6.07 Å². The Hall–Kier alpha value is -3.52. The van der Waals surface area contributed by atoms with Crippen molar-refractivity contribution in [1.82, 2.24) is 0 Å². The molecule has 2 aliphatic rings. The van der Waals surface area contributed by atoms with Crippen LogP contribution in [0.4, 0.5) is 0 Å². The average Bonchev–Trinajstić information content (AvgIpc) is 2.71. The monoisotopic (exact) mass is 414 g/mol. The molecule has 0 saturated carbocycles. The molecule has 5 heteroatoms. The van der Waals surface area contributed by atoms with E-state index >= 15 is 0 Å². The van der Waals surface area contributed by atoms with Crippen molar-refractivity contribution in [3.05, 3.63) is 88.0 Å². The molecule has 0 aromatic heterocycles. The van der Waals surface area contributed by atoms with Crippen molar-refractivity contribution in [3.8, 4) is 11.8 Å². The van der Waals surface area contributed by atoms with Crippen LogP contribution < -0.4 is 10.5 Å². The van der Waals surface area contributed by atoms with E-state index in [-0.39, 0.29) is 22.7 Å². The number of hydrogen-bond acceptors (Lipinski definition) is 5. The Labute approximate surface area is 182 Å². The van der Waals surface area contributed by atoms with Crippen LogP contribution in [0.2, 0.25) is 0 Å². The number of nitriles is 1. The molecule has 1 atom stereocenters. The van der Waals surface area contributed by atoms with Gasteiger partial charge in [-0.25, -0.2) is 0 Å². The van der Waals surface area contributed by atoms with Gasteiger partial charge in [0.2, 0.25) is 5.88 Å². The van der Waals surface area contributed by atoms with Crippen molar-refractivity contribution in [1.29, 1.82) is 5.26 Å². The van der Waals surface area contributed by atoms with Crippen LogP contribution in [0.15, 0.2) is 71.3 Å². The molecule has 5 nitrogen and oxygen atoms in total. The minimum absolute atomic E-state index is 0.00941. The summed E-state index contributed by atoms with van der Waals surface area (Å²) >= 11 is 0. The van der Waals surface area contributed by atoms with Gasteiger partial charge in [-0.1, -0.05) is 61.9 Å². The van der Waals surface area contributed by atoms with Crippen molar-refractivity contribution in [3.63, 3.8) is 0 Å². The van der Waals surface area contributed by atoms with E-state index in [9.17, 15) is 10.1 Å². The smallest absolute Gasteiger partial charge is 0.205 e. The van der Waals surface area contributed by atoms with Crippen LogP contribution >= 0.6 is 0 Å². The van der Waals surface area contributed by atoms with Crippen LogP contribution in [0.5, 0.6) is 5.75 Å². The van der Waals surface area contributed by atoms with E-state index in [0.717, 1.165) is 11.1 Å². The van der Waals surface area contributed by atoms with E-state index in [1.54, 1.807) is 0 Å². The number of ether oxygens (including phenoxy) is 2. The minimum Gasteiger partial charge on any atom is -0.489 e. The molecular formula is C26H26N2O3. The number of nitrogens with zero attached hydrogens (tertiary/aromatic N) is 1. The Balaban J connectivity index is 1.75. The molecule has 0 saturated heterocycles. The maximum Gasteiger partial charge on any atom is 0.205 e. The Bertz CT molecular complexity index is 1130. The van der Waals surface area contributed by atoms with Gasteiger partial charge in [0.1, 0.15) is 29.8 Å². The molecule has 31 heavy (non-hydrogen) atoms. The first-order valence-corrected chi connectivity index (χ1v) is 10.4. The largest absolute Gasteiger partial charge is 0.489 e. The topological polar surface area (TPSA) is 85.3 Å². The first-order chi connectivity index (χ1) is 14.8. The highest BCUT2D eigenvalue weighted by atomic mass is 16.5. The van der Waals surface area contributed by atoms with Gasteiger partial charge in [-0.2, -0.15) is 5.26 Å². The number of aryl methyl sites for hydroxylation is 1. The third-order valence-corrected chi connectivity index (χ3v) is 5.82. The summed E-state index contributed by atoms with van der Waals surface area (Å²) in [5.41, 5.74) is 9.67. The summed E-state index contributed by atoms with van der Waals surface area (Å²) in [5.74, 6) is 0.651. The molecule has 0 unspecified atom stereocenters. The van der Waals surface area contributed by atoms with Crippen LogP contribution in [0, 0.1) is 23.7 Å². The first-order valence-electron chi connectivity index (χ1n) is 10.4. The summed E-state index contributed by atoms with van der Waals surface area (Å²) in [5, 5.41) is 9.85. The van der Waals surface area contributed by atoms with Crippen molar-refractivity contribution >= 4 is 5.78 Å². The second-order valence-electron chi connectivity index (χ2n) is 9.01. The fourth-order valence-electron chi connectivity index (χ4n) is 4.29. The lowest BCUT2D eigenvalue weighted by Crippen LogP contribution is -2.33. The van der Waals surface area contributed by atoms with Gasteiger partial charge >= 0.3 is 0 Å². The van der Waals surface area contributed by atoms with Crippen molar-refractivity contribution in [2.45, 2.75) is 46.1 Å². The molecule has 1 heterocycles. The minimum atomic E-state index is -0.591. The maximum atomic E-state index is 13.2. The lowest BCUT2D eigenvalue weighted by atomic mass is 9.70. The maximum absolute atomic E-state index is 13.2. The Kier molecular flexibility index (Phi) is 5.32. The molecule has 2 aromatic carbocycles. The number of para-hydroxylation sites is 1. The molecule has 0 spiro atoms. The van der Waals surface area contributed by atoms with Crippen molar-refractivity contribution < 1.29 is 14.3 Å². The predicted octanol–water partition coefficient (Wildman–Crippen LogP) is 5.02. The number of rotatable bonds is 4. The van der Waals surface area contributed by atoms with E-state index in [1.165, 1.54) is 5.56 Å². The highest BCUT2D eigenvalue weighted by Gasteiger charge is 2.43. The summed E-state index contributed by atoms with van der Waals surface area (Å²) < 4.78 is 11.9. The number of nitrogens with two attached hydrogens (primary N) is 1. The summed E-state index contributed by atoms with van der Waals surface area (Å²) in [6.07, 6.45) is 0.993. The van der Waals surface area contributed by atoms with Crippen LogP contribution in [-0.4, -0.2) is 5.78 Å². The molecule has 2 N–H and O–H groups in total. The van der Waals surface area contributed by atoms with E-state index in [1.807, 2.05) is 69.3 Å². The van der Waals surface area contributed by atoms with Gasteiger partial charge in [0.15, 0.2) is 5.78 Å². The number of carbonyl (C=O) groups excluding carboxylic acids is 1. The van der Waals surface area contributed by atoms with Crippen LogP contribution in [-0.2, 0) is 16.1 Å². The first kappa shape index (κ1) is 20.7. The molecule has 4 rings (SSSR count). The summed E-state index contributed by atoms with van der Waals surface area (Å²) in [4.78, 5) is 13.2. The van der Waals surface area contributed by atoms with Gasteiger partial charge in [-0.3, -0.25) is 4.79 Å². The highest BCUT2D eigenvalue weighted by Crippen LogP contribution is 2.49. The standard InChI is InChI=1S/C26H26N2O3/c1-16-8-10-17(11-9-16)15-30-21-7-5-4-6-18(21)23-19(14-27)25(28)31-22-13-26(2,3)12-20(29)24(22)23/h4-11,23H,12-13,15,28H2,1-3H3/t23-/m0/s1. The zero-order valence-electron chi connectivity index (χ0n) is 18.1. The molecule has 0 fully saturated rings. The molecule has 0 bridgehead atoms. The fourth-order valence-corrected chi connectivity index (χ4v) is 4.29. The predicted molar refractivity (Wildman–Crippen MR) is 118 cm³/mol. The lowest BCUT2D eigenvalue weighted by molar-refractivity contribution is -0.119. The van der Waals surface area contributed by atoms with Gasteiger partial charge in [-0.15, -0.1) is 0 Å². The number of allylic oxidation sites excluding steroid dienone is 3. The summed E-state index contributed by atoms with van der Waals surface area (Å²) in [6, 6.07) is 17.8. The van der Waals surface area contributed by atoms with Gasteiger partial charge in [0.25, 0.3) is 0 Å². The van der Waals surface area contributed by atoms with E-state index in [0.29, 0.717) is 36.5 Å². The molecule has 2 aromatic rings. The second-order valence-corrected chi connectivity index (χ2v) is 9.01. The number of Topliss-reactive ketones (excluding diaryl/α,β-unsaturated/α-hetero) is 1. The summed E-state index contributed by atoms with van der Waals surface area (Å²) in [7, 11) is 0. The number of carbonyl (C=O) groups is 1. The van der Waals surface area contributed by atoms with Crippen LogP contribution in [0.3, 0.4) is 0 Å². The third kappa shape index (κ3) is 4.06. The fraction of sp³-hybridized carbons (Fsp3) is 0.308. The normalized spacial score (nSPS) is 20.1. The molecule has 0 radical (unpaired) electrons. The van der Waals surface area contributed by atoms with E-state index < -0.39 is 5.92 Å². The van der Waals surface area contributed by atoms with Crippen LogP contribution in [0.1, 0.15) is 49.3 Å². The zero-order valence-corrected chi connectivity index (χ0v) is 18.1. The Morgan fingerprint density at radius 1 is 1.16 bits per heavy atom. The van der Waals surface area contributed by atoms with Crippen molar-refractivity contribution in [2.24, 2.45) is 11.1 Å². The van der Waals surface area contributed by atoms with Crippen LogP contribution in [0.25, 0.3) is 0 Å². The molecule has 1 aliphatic carbocycles. The van der Waals surface area contributed by atoms with Gasteiger partial charge < -0.3 is 15.2 Å². The number of ketones is 1. The number of benzene rings is 2. The highest BCUT2D eigenvalue weighted by molar-refractivity contribution is 6.00. The average molecular weight is 415 g/mol. The quantitative estimate of drug-likeness (QED) is 0.759. The Morgan fingerprint density at radius 3 is 2.58 bits per heavy atom. The summed E-state index contributed by atoms with van der Waals surface area (Å²) in [6.45, 7) is 6.49. The molecular weight excluding hydrogens is 388 g/mol. The second kappa shape index (κ2) is 7.96. The van der Waals surface area contributed by atoms with Crippen molar-refractivity contribution in [2.75, 3.05) is 0 Å². The zero-order chi connectivity index (χ0) is 22.2. The molecule has 0 amide bonds. The SMILES string of the molecule is Cc1ccc(COc2ccccc2[C@H]2C(C#N)=C(N)OC3=C2C(=O)CC(C)(C)C3)cc1. The molecule has 1 aliphatic heterocycles. The Morgan fingerprint density at radius 2 is 1.87 bits per heavy atom.